The number of carboxylic acid groups (broad SMARTS) is 1. The first-order chi connectivity index (χ1) is 11.8. The summed E-state index contributed by atoms with van der Waals surface area (Å²) in [5.41, 5.74) is -0.609. The Hall–Kier alpha value is -2.09. The minimum Gasteiger partial charge on any atom is -0.506 e. The third-order valence-corrected chi connectivity index (χ3v) is 4.98. The van der Waals surface area contributed by atoms with E-state index >= 15 is 0 Å². The number of carbonyl (C=O) groups is 3. The van der Waals surface area contributed by atoms with E-state index in [9.17, 15) is 19.5 Å². The van der Waals surface area contributed by atoms with Crippen molar-refractivity contribution in [1.29, 1.82) is 0 Å². The van der Waals surface area contributed by atoms with Crippen LogP contribution in [0.4, 0.5) is 5.69 Å². The Labute approximate surface area is 160 Å². The van der Waals surface area contributed by atoms with Crippen molar-refractivity contribution in [2.75, 3.05) is 11.4 Å². The number of benzene rings is 1. The van der Waals surface area contributed by atoms with Gasteiger partial charge in [-0.2, -0.15) is 0 Å². The second-order valence-electron chi connectivity index (χ2n) is 7.66. The summed E-state index contributed by atoms with van der Waals surface area (Å²) in [4.78, 5) is 37.3. The Bertz CT molecular complexity index is 773. The molecule has 1 heterocycles. The SMILES string of the molecule is CC(C)(CCC(=O)O)NC(=O)CN1C(=O)C(C)(C)c2cc(Br)cc(O)c21. The van der Waals surface area contributed by atoms with E-state index in [0.717, 1.165) is 0 Å². The van der Waals surface area contributed by atoms with Crippen LogP contribution in [0, 0.1) is 0 Å². The van der Waals surface area contributed by atoms with Gasteiger partial charge in [-0.25, -0.2) is 0 Å². The normalized spacial score (nSPS) is 15.7. The topological polar surface area (TPSA) is 107 Å². The van der Waals surface area contributed by atoms with Crippen molar-refractivity contribution >= 4 is 39.4 Å². The lowest BCUT2D eigenvalue weighted by Crippen LogP contribution is -2.49. The molecule has 0 spiro atoms. The Morgan fingerprint density at radius 3 is 2.50 bits per heavy atom. The molecule has 142 valence electrons. The zero-order chi connectivity index (χ0) is 19.9. The van der Waals surface area contributed by atoms with Crippen molar-refractivity contribution in [3.8, 4) is 5.75 Å². The van der Waals surface area contributed by atoms with Gasteiger partial charge in [-0.15, -0.1) is 0 Å². The summed E-state index contributed by atoms with van der Waals surface area (Å²) in [5.74, 6) is -1.71. The molecule has 26 heavy (non-hydrogen) atoms. The number of nitrogens with zero attached hydrogens (tertiary/aromatic N) is 1. The number of aliphatic carboxylic acids is 1. The summed E-state index contributed by atoms with van der Waals surface area (Å²) in [6, 6.07) is 3.25. The smallest absolute Gasteiger partial charge is 0.303 e. The molecule has 2 rings (SSSR count). The van der Waals surface area contributed by atoms with Crippen LogP contribution in [0.2, 0.25) is 0 Å². The molecular formula is C18H23BrN2O5. The number of rotatable bonds is 6. The third kappa shape index (κ3) is 4.00. The monoisotopic (exact) mass is 426 g/mol. The third-order valence-electron chi connectivity index (χ3n) is 4.52. The van der Waals surface area contributed by atoms with Crippen LogP contribution in [-0.2, 0) is 19.8 Å². The fourth-order valence-electron chi connectivity index (χ4n) is 3.09. The van der Waals surface area contributed by atoms with Crippen molar-refractivity contribution in [1.82, 2.24) is 5.32 Å². The van der Waals surface area contributed by atoms with Crippen LogP contribution in [0.25, 0.3) is 0 Å². The van der Waals surface area contributed by atoms with Gasteiger partial charge < -0.3 is 15.5 Å². The van der Waals surface area contributed by atoms with Crippen LogP contribution in [0.15, 0.2) is 16.6 Å². The van der Waals surface area contributed by atoms with Crippen LogP contribution in [-0.4, -0.2) is 40.1 Å². The fourth-order valence-corrected chi connectivity index (χ4v) is 3.54. The number of carbonyl (C=O) groups excluding carboxylic acids is 2. The van der Waals surface area contributed by atoms with Crippen molar-refractivity contribution < 1.29 is 24.6 Å². The highest BCUT2D eigenvalue weighted by atomic mass is 79.9. The van der Waals surface area contributed by atoms with Gasteiger partial charge in [0.2, 0.25) is 11.8 Å². The molecule has 7 nitrogen and oxygen atoms in total. The summed E-state index contributed by atoms with van der Waals surface area (Å²) >= 11 is 3.31. The first-order valence-corrected chi connectivity index (χ1v) is 9.02. The van der Waals surface area contributed by atoms with Gasteiger partial charge in [-0.1, -0.05) is 15.9 Å². The van der Waals surface area contributed by atoms with E-state index in [0.29, 0.717) is 15.7 Å². The molecule has 0 aliphatic carbocycles. The van der Waals surface area contributed by atoms with E-state index in [1.807, 2.05) is 0 Å². The van der Waals surface area contributed by atoms with Gasteiger partial charge in [0.1, 0.15) is 12.3 Å². The summed E-state index contributed by atoms with van der Waals surface area (Å²) in [7, 11) is 0. The van der Waals surface area contributed by atoms with Crippen molar-refractivity contribution in [3.63, 3.8) is 0 Å². The maximum atomic E-state index is 12.8. The van der Waals surface area contributed by atoms with E-state index in [1.165, 1.54) is 11.0 Å². The molecule has 0 saturated carbocycles. The second-order valence-corrected chi connectivity index (χ2v) is 8.58. The maximum absolute atomic E-state index is 12.8. The molecule has 0 bridgehead atoms. The lowest BCUT2D eigenvalue weighted by molar-refractivity contribution is -0.137. The van der Waals surface area contributed by atoms with Gasteiger partial charge >= 0.3 is 5.97 Å². The zero-order valence-electron chi connectivity index (χ0n) is 15.2. The first-order valence-electron chi connectivity index (χ1n) is 8.23. The van der Waals surface area contributed by atoms with Crippen molar-refractivity contribution in [3.05, 3.63) is 22.2 Å². The largest absolute Gasteiger partial charge is 0.506 e. The number of halogens is 1. The van der Waals surface area contributed by atoms with E-state index in [-0.39, 0.29) is 31.0 Å². The van der Waals surface area contributed by atoms with Gasteiger partial charge in [0.15, 0.2) is 0 Å². The summed E-state index contributed by atoms with van der Waals surface area (Å²) in [6.07, 6.45) is 0.197. The highest BCUT2D eigenvalue weighted by Crippen LogP contribution is 2.47. The minimum atomic E-state index is -0.937. The number of phenols is 1. The zero-order valence-corrected chi connectivity index (χ0v) is 16.8. The molecular weight excluding hydrogens is 404 g/mol. The molecule has 1 aromatic rings. The number of fused-ring (bicyclic) bond motifs is 1. The number of aromatic hydroxyl groups is 1. The molecule has 8 heteroatoms. The fraction of sp³-hybridized carbons (Fsp3) is 0.500. The number of phenolic OH excluding ortho intramolecular Hbond substituents is 1. The average molecular weight is 427 g/mol. The van der Waals surface area contributed by atoms with Crippen LogP contribution in [0.1, 0.15) is 46.1 Å². The van der Waals surface area contributed by atoms with Crippen molar-refractivity contribution in [2.45, 2.75) is 51.5 Å². The molecule has 0 fully saturated rings. The van der Waals surface area contributed by atoms with E-state index in [2.05, 4.69) is 21.2 Å². The molecule has 3 N–H and O–H groups in total. The van der Waals surface area contributed by atoms with Gasteiger partial charge in [0.25, 0.3) is 0 Å². The van der Waals surface area contributed by atoms with Crippen molar-refractivity contribution in [2.24, 2.45) is 0 Å². The minimum absolute atomic E-state index is 0.0688. The quantitative estimate of drug-likeness (QED) is 0.647. The van der Waals surface area contributed by atoms with E-state index in [4.69, 9.17) is 5.11 Å². The van der Waals surface area contributed by atoms with Crippen LogP contribution < -0.4 is 10.2 Å². The molecule has 1 aliphatic heterocycles. The predicted octanol–water partition coefficient (Wildman–Crippen LogP) is 2.54. The Morgan fingerprint density at radius 1 is 1.31 bits per heavy atom. The molecule has 0 aromatic heterocycles. The average Bonchev–Trinajstić information content (AvgIpc) is 2.66. The lowest BCUT2D eigenvalue weighted by Gasteiger charge is -2.27. The molecule has 0 saturated heterocycles. The number of anilines is 1. The van der Waals surface area contributed by atoms with Crippen LogP contribution in [0.5, 0.6) is 5.75 Å². The standard InChI is InChI=1S/C18H23BrN2O5/c1-17(2,6-5-14(24)25)20-13(23)9-21-15-11(18(3,4)16(21)26)7-10(19)8-12(15)22/h7-8,22H,5-6,9H2,1-4H3,(H,20,23)(H,24,25). The van der Waals surface area contributed by atoms with E-state index < -0.39 is 22.8 Å². The van der Waals surface area contributed by atoms with Crippen LogP contribution in [0.3, 0.4) is 0 Å². The second kappa shape index (κ2) is 6.90. The number of hydrogen-bond donors (Lipinski definition) is 3. The summed E-state index contributed by atoms with van der Waals surface area (Å²) in [6.45, 7) is 6.70. The molecule has 0 radical (unpaired) electrons. The number of hydrogen-bond acceptors (Lipinski definition) is 4. The Balaban J connectivity index is 2.22. The molecule has 2 amide bonds. The molecule has 0 unspecified atom stereocenters. The number of amides is 2. The van der Waals surface area contributed by atoms with E-state index in [1.54, 1.807) is 33.8 Å². The van der Waals surface area contributed by atoms with Gasteiger partial charge in [0.05, 0.1) is 11.1 Å². The number of carboxylic acids is 1. The van der Waals surface area contributed by atoms with Crippen LogP contribution >= 0.6 is 15.9 Å². The highest BCUT2D eigenvalue weighted by molar-refractivity contribution is 9.10. The highest BCUT2D eigenvalue weighted by Gasteiger charge is 2.46. The maximum Gasteiger partial charge on any atom is 0.303 e. The van der Waals surface area contributed by atoms with Gasteiger partial charge in [-0.3, -0.25) is 19.3 Å². The lowest BCUT2D eigenvalue weighted by atomic mass is 9.86. The Morgan fingerprint density at radius 2 is 1.92 bits per heavy atom. The predicted molar refractivity (Wildman–Crippen MR) is 100 cm³/mol. The molecule has 0 atom stereocenters. The molecule has 1 aromatic carbocycles. The van der Waals surface area contributed by atoms with Gasteiger partial charge in [-0.05, 0) is 51.8 Å². The molecule has 1 aliphatic rings. The Kier molecular flexibility index (Phi) is 5.37. The summed E-state index contributed by atoms with van der Waals surface area (Å²) < 4.78 is 0.649. The number of nitrogens with one attached hydrogen (secondary N) is 1. The summed E-state index contributed by atoms with van der Waals surface area (Å²) in [5, 5.41) is 21.9. The van der Waals surface area contributed by atoms with Gasteiger partial charge in [0, 0.05) is 16.4 Å². The first kappa shape index (κ1) is 20.2.